The third-order valence-corrected chi connectivity index (χ3v) is 4.44. The molecule has 0 N–H and O–H groups in total. The van der Waals surface area contributed by atoms with E-state index >= 15 is 0 Å². The topological polar surface area (TPSA) is 23.6 Å². The minimum absolute atomic E-state index is 0.206. The Bertz CT molecular complexity index is 535. The van der Waals surface area contributed by atoms with E-state index in [9.17, 15) is 13.6 Å². The van der Waals surface area contributed by atoms with Crippen LogP contribution in [0.15, 0.2) is 18.2 Å². The summed E-state index contributed by atoms with van der Waals surface area (Å²) in [4.78, 5) is 16.1. The van der Waals surface area contributed by atoms with Crippen LogP contribution in [0.3, 0.4) is 0 Å². The van der Waals surface area contributed by atoms with Gasteiger partial charge in [-0.25, -0.2) is 8.78 Å². The Morgan fingerprint density at radius 3 is 2.75 bits per heavy atom. The second-order valence-corrected chi connectivity index (χ2v) is 5.53. The summed E-state index contributed by atoms with van der Waals surface area (Å²) in [5.74, 6) is -1.42. The molecule has 2 heterocycles. The van der Waals surface area contributed by atoms with Crippen molar-refractivity contribution < 1.29 is 13.6 Å². The summed E-state index contributed by atoms with van der Waals surface area (Å²) in [5.41, 5.74) is 0.756. The summed E-state index contributed by atoms with van der Waals surface area (Å²) in [6.45, 7) is 4.22. The molecule has 2 aliphatic heterocycles. The van der Waals surface area contributed by atoms with Crippen molar-refractivity contribution in [1.29, 1.82) is 0 Å². The van der Waals surface area contributed by atoms with Gasteiger partial charge >= 0.3 is 0 Å². The van der Waals surface area contributed by atoms with Crippen LogP contribution in [0.2, 0.25) is 0 Å². The predicted octanol–water partition coefficient (Wildman–Crippen LogP) is 2.16. The Hall–Kier alpha value is -1.49. The number of rotatable bonds is 3. The number of nitrogens with zero attached hydrogens (tertiary/aromatic N) is 2. The lowest BCUT2D eigenvalue weighted by molar-refractivity contribution is -0.128. The first kappa shape index (κ1) is 13.5. The number of benzene rings is 1. The van der Waals surface area contributed by atoms with Gasteiger partial charge in [0, 0.05) is 38.1 Å². The zero-order valence-electron chi connectivity index (χ0n) is 11.5. The summed E-state index contributed by atoms with van der Waals surface area (Å²) >= 11 is 0. The van der Waals surface area contributed by atoms with Crippen LogP contribution in [0.5, 0.6) is 0 Å². The Morgan fingerprint density at radius 1 is 1.25 bits per heavy atom. The molecule has 0 spiro atoms. The monoisotopic (exact) mass is 280 g/mol. The van der Waals surface area contributed by atoms with Crippen molar-refractivity contribution in [2.75, 3.05) is 13.1 Å². The van der Waals surface area contributed by atoms with Crippen molar-refractivity contribution in [2.24, 2.45) is 0 Å². The van der Waals surface area contributed by atoms with E-state index in [1.807, 2.05) is 11.8 Å². The molecule has 2 unspecified atom stereocenters. The number of halogens is 2. The van der Waals surface area contributed by atoms with Gasteiger partial charge in [-0.05, 0) is 31.0 Å². The predicted molar refractivity (Wildman–Crippen MR) is 71.0 cm³/mol. The first-order valence-corrected chi connectivity index (χ1v) is 7.07. The molecule has 20 heavy (non-hydrogen) atoms. The molecule has 0 aliphatic carbocycles. The lowest BCUT2D eigenvalue weighted by Crippen LogP contribution is -2.36. The highest BCUT2D eigenvalue weighted by molar-refractivity contribution is 5.80. The van der Waals surface area contributed by atoms with E-state index in [-0.39, 0.29) is 18.0 Å². The number of likely N-dealkylation sites (N-methyl/N-ethyl adjacent to an activating group) is 1. The SMILES string of the molecule is CCN1C(=O)CC2C1CCN2Cc1ccc(F)c(F)c1. The van der Waals surface area contributed by atoms with E-state index in [4.69, 9.17) is 0 Å². The third kappa shape index (κ3) is 2.20. The molecule has 1 amide bonds. The molecule has 0 saturated carbocycles. The van der Waals surface area contributed by atoms with E-state index in [1.165, 1.54) is 6.07 Å². The molecule has 2 aliphatic rings. The van der Waals surface area contributed by atoms with Crippen LogP contribution in [-0.4, -0.2) is 40.9 Å². The first-order valence-electron chi connectivity index (χ1n) is 7.07. The van der Waals surface area contributed by atoms with Gasteiger partial charge in [0.2, 0.25) is 5.91 Å². The normalized spacial score (nSPS) is 26.4. The van der Waals surface area contributed by atoms with Gasteiger partial charge in [0.1, 0.15) is 0 Å². The van der Waals surface area contributed by atoms with E-state index < -0.39 is 11.6 Å². The second-order valence-electron chi connectivity index (χ2n) is 5.53. The molecule has 0 radical (unpaired) electrons. The summed E-state index contributed by atoms with van der Waals surface area (Å²) in [6, 6.07) is 4.53. The fourth-order valence-electron chi connectivity index (χ4n) is 3.49. The second kappa shape index (κ2) is 5.13. The lowest BCUT2D eigenvalue weighted by Gasteiger charge is -2.24. The number of hydrogen-bond donors (Lipinski definition) is 0. The van der Waals surface area contributed by atoms with Gasteiger partial charge in [-0.2, -0.15) is 0 Å². The summed E-state index contributed by atoms with van der Waals surface area (Å²) in [5, 5.41) is 0. The van der Waals surface area contributed by atoms with E-state index in [2.05, 4.69) is 4.90 Å². The molecule has 108 valence electrons. The van der Waals surface area contributed by atoms with Crippen LogP contribution in [0.1, 0.15) is 25.3 Å². The fourth-order valence-corrected chi connectivity index (χ4v) is 3.49. The number of carbonyl (C=O) groups excluding carboxylic acids is 1. The quantitative estimate of drug-likeness (QED) is 0.847. The molecule has 2 fully saturated rings. The van der Waals surface area contributed by atoms with Crippen molar-refractivity contribution in [3.63, 3.8) is 0 Å². The maximum atomic E-state index is 13.2. The number of amides is 1. The van der Waals surface area contributed by atoms with Gasteiger partial charge in [-0.15, -0.1) is 0 Å². The maximum absolute atomic E-state index is 13.2. The van der Waals surface area contributed by atoms with E-state index in [0.29, 0.717) is 13.0 Å². The summed E-state index contributed by atoms with van der Waals surface area (Å²) in [7, 11) is 0. The fraction of sp³-hybridized carbons (Fsp3) is 0.533. The van der Waals surface area contributed by atoms with Crippen molar-refractivity contribution in [3.05, 3.63) is 35.4 Å². The Labute approximate surface area is 117 Å². The molecule has 0 bridgehead atoms. The van der Waals surface area contributed by atoms with E-state index in [1.54, 1.807) is 6.07 Å². The van der Waals surface area contributed by atoms with Gasteiger partial charge in [0.25, 0.3) is 0 Å². The number of likely N-dealkylation sites (tertiary alicyclic amines) is 2. The lowest BCUT2D eigenvalue weighted by atomic mass is 10.1. The number of hydrogen-bond acceptors (Lipinski definition) is 2. The summed E-state index contributed by atoms with van der Waals surface area (Å²) < 4.78 is 26.2. The van der Waals surface area contributed by atoms with Gasteiger partial charge in [0.05, 0.1) is 0 Å². The zero-order chi connectivity index (χ0) is 14.3. The molecule has 2 atom stereocenters. The minimum atomic E-state index is -0.818. The third-order valence-electron chi connectivity index (χ3n) is 4.44. The number of carbonyl (C=O) groups is 1. The highest BCUT2D eigenvalue weighted by atomic mass is 19.2. The Morgan fingerprint density at radius 2 is 2.05 bits per heavy atom. The van der Waals surface area contributed by atoms with Crippen LogP contribution in [-0.2, 0) is 11.3 Å². The molecule has 3 nitrogen and oxygen atoms in total. The van der Waals surface area contributed by atoms with Gasteiger partial charge in [0.15, 0.2) is 11.6 Å². The largest absolute Gasteiger partial charge is 0.338 e. The smallest absolute Gasteiger partial charge is 0.224 e. The van der Waals surface area contributed by atoms with Gasteiger partial charge in [-0.3, -0.25) is 9.69 Å². The molecular formula is C15H18F2N2O. The average molecular weight is 280 g/mol. The highest BCUT2D eigenvalue weighted by Crippen LogP contribution is 2.33. The Balaban J connectivity index is 1.73. The maximum Gasteiger partial charge on any atom is 0.224 e. The van der Waals surface area contributed by atoms with Crippen molar-refractivity contribution >= 4 is 5.91 Å². The minimum Gasteiger partial charge on any atom is -0.338 e. The number of fused-ring (bicyclic) bond motifs is 1. The molecule has 1 aromatic carbocycles. The van der Waals surface area contributed by atoms with Crippen molar-refractivity contribution in [1.82, 2.24) is 9.80 Å². The standard InChI is InChI=1S/C15H18F2N2O/c1-2-19-13-5-6-18(14(13)8-15(19)20)9-10-3-4-11(16)12(17)7-10/h3-4,7,13-14H,2,5-6,8-9H2,1H3. The molecule has 0 aromatic heterocycles. The summed E-state index contributed by atoms with van der Waals surface area (Å²) in [6.07, 6.45) is 1.51. The van der Waals surface area contributed by atoms with E-state index in [0.717, 1.165) is 31.1 Å². The first-order chi connectivity index (χ1) is 9.60. The molecule has 1 aromatic rings. The van der Waals surface area contributed by atoms with Gasteiger partial charge in [-0.1, -0.05) is 6.07 Å². The molecule has 2 saturated heterocycles. The average Bonchev–Trinajstić information content (AvgIpc) is 2.93. The van der Waals surface area contributed by atoms with Gasteiger partial charge < -0.3 is 4.90 Å². The molecular weight excluding hydrogens is 262 g/mol. The highest BCUT2D eigenvalue weighted by Gasteiger charge is 2.45. The van der Waals surface area contributed by atoms with Crippen LogP contribution in [0, 0.1) is 11.6 Å². The van der Waals surface area contributed by atoms with Crippen LogP contribution in [0.4, 0.5) is 8.78 Å². The van der Waals surface area contributed by atoms with Crippen LogP contribution in [0.25, 0.3) is 0 Å². The van der Waals surface area contributed by atoms with Crippen LogP contribution >= 0.6 is 0 Å². The van der Waals surface area contributed by atoms with Crippen molar-refractivity contribution in [2.45, 2.75) is 38.4 Å². The van der Waals surface area contributed by atoms with Crippen molar-refractivity contribution in [3.8, 4) is 0 Å². The van der Waals surface area contributed by atoms with Crippen LogP contribution < -0.4 is 0 Å². The molecule has 5 heteroatoms. The zero-order valence-corrected chi connectivity index (χ0v) is 11.5. The Kier molecular flexibility index (Phi) is 3.46. The molecule has 3 rings (SSSR count).